The minimum Gasteiger partial charge on any atom is -0.465 e. The van der Waals surface area contributed by atoms with Crippen molar-refractivity contribution in [1.82, 2.24) is 14.8 Å². The maximum absolute atomic E-state index is 11.8. The molecule has 8 heteroatoms. The molecule has 2 aliphatic heterocycles. The van der Waals surface area contributed by atoms with Crippen LogP contribution in [0.3, 0.4) is 0 Å². The quantitative estimate of drug-likeness (QED) is 0.777. The number of halogens is 1. The van der Waals surface area contributed by atoms with Gasteiger partial charge in [-0.2, -0.15) is 0 Å². The molecule has 0 saturated carbocycles. The lowest BCUT2D eigenvalue weighted by atomic mass is 10.3. The molecule has 0 unspecified atom stereocenters. The second-order valence-corrected chi connectivity index (χ2v) is 7.46. The highest BCUT2D eigenvalue weighted by Crippen LogP contribution is 2.34. The zero-order chi connectivity index (χ0) is 16.5. The Morgan fingerprint density at radius 1 is 1.25 bits per heavy atom. The molecule has 2 fully saturated rings. The third-order valence-corrected chi connectivity index (χ3v) is 5.63. The van der Waals surface area contributed by atoms with Crippen molar-refractivity contribution in [2.75, 3.05) is 24.6 Å². The highest BCUT2D eigenvalue weighted by atomic mass is 35.5. The molecule has 0 aliphatic carbocycles. The standard InChI is InChI=1S/C16H17ClN4O2S/c17-11-4-3-5-12(10-11)21-15(20-7-1-2-8-20)18-19-16(21)24-13-6-9-23-14(13)22/h3-5,10,13H,1-2,6-9H2/t13-/m1/s1. The van der Waals surface area contributed by atoms with E-state index in [4.69, 9.17) is 16.3 Å². The van der Waals surface area contributed by atoms with E-state index in [0.29, 0.717) is 23.2 Å². The van der Waals surface area contributed by atoms with Gasteiger partial charge in [0.05, 0.1) is 12.3 Å². The maximum Gasteiger partial charge on any atom is 0.319 e. The summed E-state index contributed by atoms with van der Waals surface area (Å²) in [5.74, 6) is 0.631. The third-order valence-electron chi connectivity index (χ3n) is 4.21. The number of hydrogen-bond acceptors (Lipinski definition) is 6. The summed E-state index contributed by atoms with van der Waals surface area (Å²) in [4.78, 5) is 14.0. The van der Waals surface area contributed by atoms with Crippen molar-refractivity contribution in [1.29, 1.82) is 0 Å². The van der Waals surface area contributed by atoms with E-state index < -0.39 is 0 Å². The van der Waals surface area contributed by atoms with E-state index in [1.807, 2.05) is 28.8 Å². The van der Waals surface area contributed by atoms with Crippen molar-refractivity contribution in [2.24, 2.45) is 0 Å². The predicted molar refractivity (Wildman–Crippen MR) is 93.0 cm³/mol. The van der Waals surface area contributed by atoms with Gasteiger partial charge in [0.1, 0.15) is 5.25 Å². The molecule has 126 valence electrons. The topological polar surface area (TPSA) is 60.2 Å². The molecule has 0 N–H and O–H groups in total. The number of rotatable bonds is 4. The van der Waals surface area contributed by atoms with Crippen molar-refractivity contribution in [3.63, 3.8) is 0 Å². The minimum atomic E-state index is -0.224. The SMILES string of the molecule is O=C1OCC[C@H]1Sc1nnc(N2CCCC2)n1-c1cccc(Cl)c1. The maximum atomic E-state index is 11.8. The molecule has 24 heavy (non-hydrogen) atoms. The average molecular weight is 365 g/mol. The summed E-state index contributed by atoms with van der Waals surface area (Å²) < 4.78 is 7.05. The summed E-state index contributed by atoms with van der Waals surface area (Å²) in [6.07, 6.45) is 3.00. The highest BCUT2D eigenvalue weighted by Gasteiger charge is 2.31. The van der Waals surface area contributed by atoms with E-state index in [1.54, 1.807) is 0 Å². The van der Waals surface area contributed by atoms with Gasteiger partial charge in [-0.1, -0.05) is 29.4 Å². The molecule has 4 rings (SSSR count). The van der Waals surface area contributed by atoms with E-state index in [2.05, 4.69) is 15.1 Å². The number of esters is 1. The van der Waals surface area contributed by atoms with Gasteiger partial charge in [-0.15, -0.1) is 10.2 Å². The third kappa shape index (κ3) is 2.98. The fourth-order valence-electron chi connectivity index (χ4n) is 3.01. The van der Waals surface area contributed by atoms with Gasteiger partial charge in [0.25, 0.3) is 0 Å². The fraction of sp³-hybridized carbons (Fsp3) is 0.438. The number of nitrogens with zero attached hydrogens (tertiary/aromatic N) is 4. The van der Waals surface area contributed by atoms with Crippen LogP contribution in [0.25, 0.3) is 5.69 Å². The van der Waals surface area contributed by atoms with Crippen molar-refractivity contribution in [2.45, 2.75) is 29.7 Å². The summed E-state index contributed by atoms with van der Waals surface area (Å²) in [5, 5.41) is 9.87. The van der Waals surface area contributed by atoms with Gasteiger partial charge in [-0.3, -0.25) is 9.36 Å². The summed E-state index contributed by atoms with van der Waals surface area (Å²) in [6, 6.07) is 7.61. The number of aromatic nitrogens is 3. The van der Waals surface area contributed by atoms with Crippen LogP contribution in [-0.2, 0) is 9.53 Å². The molecule has 1 aromatic carbocycles. The number of thioether (sulfide) groups is 1. The molecule has 2 aromatic rings. The van der Waals surface area contributed by atoms with Crippen molar-refractivity contribution in [3.8, 4) is 5.69 Å². The molecule has 3 heterocycles. The highest BCUT2D eigenvalue weighted by molar-refractivity contribution is 8.00. The molecule has 2 saturated heterocycles. The Balaban J connectivity index is 1.74. The molecule has 1 aromatic heterocycles. The van der Waals surface area contributed by atoms with Crippen LogP contribution in [0.2, 0.25) is 5.02 Å². The Labute approximate surface area is 149 Å². The number of ether oxygens (including phenoxy) is 1. The van der Waals surface area contributed by atoms with Gasteiger partial charge >= 0.3 is 5.97 Å². The molecular weight excluding hydrogens is 348 g/mol. The predicted octanol–water partition coefficient (Wildman–Crippen LogP) is 2.93. The summed E-state index contributed by atoms with van der Waals surface area (Å²) in [5.41, 5.74) is 0.906. The fourth-order valence-corrected chi connectivity index (χ4v) is 4.21. The van der Waals surface area contributed by atoms with Crippen LogP contribution < -0.4 is 4.90 Å². The number of carbonyl (C=O) groups is 1. The van der Waals surface area contributed by atoms with Crippen LogP contribution in [0, 0.1) is 0 Å². The Kier molecular flexibility index (Phi) is 4.37. The van der Waals surface area contributed by atoms with Gasteiger partial charge in [0.2, 0.25) is 5.95 Å². The van der Waals surface area contributed by atoms with Crippen LogP contribution in [0.4, 0.5) is 5.95 Å². The number of anilines is 1. The van der Waals surface area contributed by atoms with E-state index in [1.165, 1.54) is 11.8 Å². The van der Waals surface area contributed by atoms with E-state index in [0.717, 1.165) is 37.6 Å². The molecular formula is C16H17ClN4O2S. The zero-order valence-electron chi connectivity index (χ0n) is 13.0. The summed E-state index contributed by atoms with van der Waals surface area (Å²) >= 11 is 7.58. The smallest absolute Gasteiger partial charge is 0.319 e. The molecule has 2 aliphatic rings. The Bertz CT molecular complexity index is 760. The van der Waals surface area contributed by atoms with Crippen molar-refractivity contribution < 1.29 is 9.53 Å². The van der Waals surface area contributed by atoms with Crippen molar-refractivity contribution >= 4 is 35.3 Å². The monoisotopic (exact) mass is 364 g/mol. The van der Waals surface area contributed by atoms with Gasteiger partial charge in [-0.05, 0) is 31.0 Å². The van der Waals surface area contributed by atoms with Crippen molar-refractivity contribution in [3.05, 3.63) is 29.3 Å². The molecule has 0 amide bonds. The van der Waals surface area contributed by atoms with E-state index >= 15 is 0 Å². The first-order chi connectivity index (χ1) is 11.7. The summed E-state index contributed by atoms with van der Waals surface area (Å²) in [6.45, 7) is 2.41. The first-order valence-electron chi connectivity index (χ1n) is 8.02. The lowest BCUT2D eigenvalue weighted by Crippen LogP contribution is -2.22. The Morgan fingerprint density at radius 2 is 2.08 bits per heavy atom. The number of cyclic esters (lactones) is 1. The Hall–Kier alpha value is -1.73. The molecule has 0 radical (unpaired) electrons. The van der Waals surface area contributed by atoms with Crippen LogP contribution >= 0.6 is 23.4 Å². The second-order valence-electron chi connectivity index (χ2n) is 5.85. The van der Waals surface area contributed by atoms with Crippen LogP contribution in [0.1, 0.15) is 19.3 Å². The largest absolute Gasteiger partial charge is 0.465 e. The first kappa shape index (κ1) is 15.8. The Morgan fingerprint density at radius 3 is 2.79 bits per heavy atom. The van der Waals surface area contributed by atoms with Crippen LogP contribution in [0.5, 0.6) is 0 Å². The minimum absolute atomic E-state index is 0.177. The normalized spacial score (nSPS) is 20.6. The van der Waals surface area contributed by atoms with Crippen LogP contribution in [-0.4, -0.2) is 45.7 Å². The molecule has 6 nitrogen and oxygen atoms in total. The van der Waals surface area contributed by atoms with E-state index in [9.17, 15) is 4.79 Å². The average Bonchev–Trinajstić information content (AvgIpc) is 3.29. The molecule has 0 spiro atoms. The number of carbonyl (C=O) groups excluding carboxylic acids is 1. The second kappa shape index (κ2) is 6.64. The van der Waals surface area contributed by atoms with Crippen LogP contribution in [0.15, 0.2) is 29.4 Å². The number of benzene rings is 1. The molecule has 0 bridgehead atoms. The lowest BCUT2D eigenvalue weighted by Gasteiger charge is -2.18. The van der Waals surface area contributed by atoms with Gasteiger partial charge in [0.15, 0.2) is 5.16 Å². The summed E-state index contributed by atoms with van der Waals surface area (Å²) in [7, 11) is 0. The molecule has 1 atom stereocenters. The zero-order valence-corrected chi connectivity index (χ0v) is 14.6. The number of hydrogen-bond donors (Lipinski definition) is 0. The van der Waals surface area contributed by atoms with Gasteiger partial charge in [0, 0.05) is 24.5 Å². The first-order valence-corrected chi connectivity index (χ1v) is 9.28. The van der Waals surface area contributed by atoms with Gasteiger partial charge < -0.3 is 9.64 Å². The van der Waals surface area contributed by atoms with E-state index in [-0.39, 0.29) is 11.2 Å². The van der Waals surface area contributed by atoms with Gasteiger partial charge in [-0.25, -0.2) is 0 Å². The lowest BCUT2D eigenvalue weighted by molar-refractivity contribution is -0.137.